The number of nitrogens with two attached hydrogens (primary N) is 2. The van der Waals surface area contributed by atoms with Gasteiger partial charge in [-0.05, 0) is 35.4 Å². The van der Waals surface area contributed by atoms with Gasteiger partial charge in [0.15, 0.2) is 0 Å². The molecule has 2 aromatic carbocycles. The molecule has 2 atom stereocenters. The highest BCUT2D eigenvalue weighted by atomic mass is 35.5. The van der Waals surface area contributed by atoms with Gasteiger partial charge in [0, 0.05) is 24.7 Å². The number of aromatic nitrogens is 2. The lowest BCUT2D eigenvalue weighted by Crippen LogP contribution is -2.56. The lowest BCUT2D eigenvalue weighted by molar-refractivity contribution is 0.404. The van der Waals surface area contributed by atoms with Gasteiger partial charge in [-0.2, -0.15) is 5.10 Å². The highest BCUT2D eigenvalue weighted by molar-refractivity contribution is 6.30. The van der Waals surface area contributed by atoms with E-state index < -0.39 is 5.54 Å². The normalized spacial score (nSPS) is 21.6. The molecule has 2 heterocycles. The van der Waals surface area contributed by atoms with Crippen LogP contribution in [0.2, 0.25) is 5.02 Å². The Kier molecular flexibility index (Phi) is 4.15. The van der Waals surface area contributed by atoms with Crippen LogP contribution in [0.5, 0.6) is 0 Å². The van der Waals surface area contributed by atoms with Crippen LogP contribution in [0.4, 0.5) is 5.69 Å². The van der Waals surface area contributed by atoms with E-state index in [2.05, 4.69) is 16.2 Å². The van der Waals surface area contributed by atoms with E-state index in [9.17, 15) is 0 Å². The van der Waals surface area contributed by atoms with Crippen LogP contribution in [0.15, 0.2) is 59.6 Å². The third-order valence-electron chi connectivity index (χ3n) is 4.92. The fourth-order valence-corrected chi connectivity index (χ4v) is 3.60. The van der Waals surface area contributed by atoms with Crippen molar-refractivity contribution in [2.45, 2.75) is 18.0 Å². The fourth-order valence-electron chi connectivity index (χ4n) is 3.47. The number of aryl methyl sites for hydroxylation is 1. The molecule has 0 amide bonds. The van der Waals surface area contributed by atoms with Crippen molar-refractivity contribution >= 4 is 23.5 Å². The number of hydrogen-bond acceptors (Lipinski definition) is 4. The minimum Gasteiger partial charge on any atom is -0.321 e. The Bertz CT molecular complexity index is 976. The molecule has 0 radical (unpaired) electrons. The van der Waals surface area contributed by atoms with Gasteiger partial charge in [-0.1, -0.05) is 41.9 Å². The van der Waals surface area contributed by atoms with E-state index in [1.165, 1.54) is 0 Å². The lowest BCUT2D eigenvalue weighted by atomic mass is 9.78. The molecule has 4 N–H and O–H groups in total. The zero-order chi connectivity index (χ0) is 18.3. The van der Waals surface area contributed by atoms with Crippen molar-refractivity contribution < 1.29 is 0 Å². The zero-order valence-electron chi connectivity index (χ0n) is 14.4. The molecule has 2 unspecified atom stereocenters. The van der Waals surface area contributed by atoms with E-state index in [1.807, 2.05) is 60.3 Å². The summed E-state index contributed by atoms with van der Waals surface area (Å²) in [5, 5.41) is 5.37. The Balaban J connectivity index is 1.70. The third kappa shape index (κ3) is 2.84. The molecular formula is C20H20ClN5. The predicted octanol–water partition coefficient (Wildman–Crippen LogP) is 3.18. The van der Waals surface area contributed by atoms with E-state index in [1.54, 1.807) is 6.21 Å². The first-order chi connectivity index (χ1) is 12.5. The first kappa shape index (κ1) is 17.0. The summed E-state index contributed by atoms with van der Waals surface area (Å²) in [4.78, 5) is 4.42. The molecule has 132 valence electrons. The molecule has 26 heavy (non-hydrogen) atoms. The Morgan fingerprint density at radius 2 is 1.88 bits per heavy atom. The van der Waals surface area contributed by atoms with Gasteiger partial charge in [-0.25, -0.2) is 0 Å². The summed E-state index contributed by atoms with van der Waals surface area (Å²) in [7, 11) is 1.92. The second-order valence-corrected chi connectivity index (χ2v) is 7.13. The van der Waals surface area contributed by atoms with Crippen LogP contribution >= 0.6 is 11.6 Å². The van der Waals surface area contributed by atoms with Crippen molar-refractivity contribution in [1.29, 1.82) is 0 Å². The average Bonchev–Trinajstić information content (AvgIpc) is 2.99. The number of hydrogen-bond donors (Lipinski definition) is 2. The van der Waals surface area contributed by atoms with Gasteiger partial charge in [0.25, 0.3) is 0 Å². The molecule has 0 aliphatic carbocycles. The molecule has 0 saturated heterocycles. The highest BCUT2D eigenvalue weighted by Gasteiger charge is 2.38. The van der Waals surface area contributed by atoms with Crippen LogP contribution in [0, 0.1) is 0 Å². The van der Waals surface area contributed by atoms with Crippen molar-refractivity contribution in [3.8, 4) is 11.3 Å². The molecule has 0 bridgehead atoms. The van der Waals surface area contributed by atoms with Gasteiger partial charge in [0.2, 0.25) is 0 Å². The lowest BCUT2D eigenvalue weighted by Gasteiger charge is -2.36. The summed E-state index contributed by atoms with van der Waals surface area (Å²) >= 11 is 5.99. The van der Waals surface area contributed by atoms with Gasteiger partial charge in [-0.3, -0.25) is 9.67 Å². The number of benzene rings is 2. The second-order valence-electron chi connectivity index (χ2n) is 6.69. The van der Waals surface area contributed by atoms with Crippen molar-refractivity contribution in [3.05, 3.63) is 70.9 Å². The number of aliphatic imine (C=N–C) groups is 1. The number of nitrogens with zero attached hydrogens (tertiary/aromatic N) is 3. The first-order valence-corrected chi connectivity index (χ1v) is 8.82. The van der Waals surface area contributed by atoms with Gasteiger partial charge < -0.3 is 11.5 Å². The number of rotatable bonds is 3. The van der Waals surface area contributed by atoms with Crippen LogP contribution in [-0.2, 0) is 19.0 Å². The van der Waals surface area contributed by atoms with Crippen LogP contribution in [0.25, 0.3) is 11.3 Å². The summed E-state index contributed by atoms with van der Waals surface area (Å²) in [6.45, 7) is 0. The Morgan fingerprint density at radius 3 is 2.65 bits per heavy atom. The third-order valence-corrected chi connectivity index (χ3v) is 5.17. The molecule has 0 saturated carbocycles. The predicted molar refractivity (Wildman–Crippen MR) is 106 cm³/mol. The van der Waals surface area contributed by atoms with Gasteiger partial charge in [0.05, 0.1) is 28.7 Å². The summed E-state index contributed by atoms with van der Waals surface area (Å²) in [6.07, 6.45) is 2.25. The smallest absolute Gasteiger partial charge is 0.0692 e. The topological polar surface area (TPSA) is 82.2 Å². The van der Waals surface area contributed by atoms with Crippen LogP contribution in [-0.4, -0.2) is 22.0 Å². The van der Waals surface area contributed by atoms with E-state index in [4.69, 9.17) is 23.1 Å². The highest BCUT2D eigenvalue weighted by Crippen LogP contribution is 2.36. The molecule has 5 nitrogen and oxygen atoms in total. The van der Waals surface area contributed by atoms with Crippen LogP contribution < -0.4 is 11.5 Å². The molecule has 0 spiro atoms. The SMILES string of the molecule is Cn1nc(CC2(N)c3ccccc3N=CC2N)cc1-c1ccc(Cl)cc1. The summed E-state index contributed by atoms with van der Waals surface area (Å²) in [6, 6.07) is 17.3. The second kappa shape index (κ2) is 6.36. The summed E-state index contributed by atoms with van der Waals surface area (Å²) in [5.74, 6) is 0. The monoisotopic (exact) mass is 365 g/mol. The number of fused-ring (bicyclic) bond motifs is 1. The molecule has 4 rings (SSSR count). The molecule has 1 aromatic heterocycles. The molecule has 1 aliphatic rings. The zero-order valence-corrected chi connectivity index (χ0v) is 15.2. The Labute approximate surface area is 157 Å². The average molecular weight is 366 g/mol. The van der Waals surface area contributed by atoms with Crippen molar-refractivity contribution in [2.75, 3.05) is 0 Å². The maximum absolute atomic E-state index is 6.78. The minimum absolute atomic E-state index is 0.376. The van der Waals surface area contributed by atoms with E-state index in [0.717, 1.165) is 28.2 Å². The minimum atomic E-state index is -0.746. The van der Waals surface area contributed by atoms with E-state index in [0.29, 0.717) is 11.4 Å². The Hall–Kier alpha value is -2.47. The van der Waals surface area contributed by atoms with Crippen molar-refractivity contribution in [3.63, 3.8) is 0 Å². The maximum atomic E-state index is 6.78. The van der Waals surface area contributed by atoms with Crippen molar-refractivity contribution in [2.24, 2.45) is 23.5 Å². The number of halogens is 1. The molecule has 0 fully saturated rings. The molecule has 3 aromatic rings. The quantitative estimate of drug-likeness (QED) is 0.747. The van der Waals surface area contributed by atoms with Gasteiger partial charge in [0.1, 0.15) is 0 Å². The van der Waals surface area contributed by atoms with Gasteiger partial charge >= 0.3 is 0 Å². The Morgan fingerprint density at radius 1 is 1.15 bits per heavy atom. The van der Waals surface area contributed by atoms with E-state index >= 15 is 0 Å². The number of para-hydroxylation sites is 1. The summed E-state index contributed by atoms with van der Waals surface area (Å²) in [5.41, 5.74) is 17.1. The summed E-state index contributed by atoms with van der Waals surface area (Å²) < 4.78 is 1.86. The standard InChI is InChI=1S/C20H20ClN5/c1-26-18(13-6-8-14(21)9-7-13)10-15(25-26)11-20(23)16-4-2-3-5-17(16)24-12-19(20)22/h2-10,12,19H,11,22-23H2,1H3. The largest absolute Gasteiger partial charge is 0.321 e. The fraction of sp³-hybridized carbons (Fsp3) is 0.200. The van der Waals surface area contributed by atoms with Crippen molar-refractivity contribution in [1.82, 2.24) is 9.78 Å². The maximum Gasteiger partial charge on any atom is 0.0692 e. The van der Waals surface area contributed by atoms with Crippen LogP contribution in [0.3, 0.4) is 0 Å². The molecular weight excluding hydrogens is 346 g/mol. The molecule has 6 heteroatoms. The van der Waals surface area contributed by atoms with Crippen LogP contribution in [0.1, 0.15) is 11.3 Å². The first-order valence-electron chi connectivity index (χ1n) is 8.44. The molecule has 1 aliphatic heterocycles. The van der Waals surface area contributed by atoms with E-state index in [-0.39, 0.29) is 6.04 Å². The van der Waals surface area contributed by atoms with Gasteiger partial charge in [-0.15, -0.1) is 0 Å².